The third kappa shape index (κ3) is 3.20. The lowest BCUT2D eigenvalue weighted by molar-refractivity contribution is -0.117. The Labute approximate surface area is 175 Å². The molecule has 2 amide bonds. The van der Waals surface area contributed by atoms with E-state index in [0.717, 1.165) is 53.8 Å². The van der Waals surface area contributed by atoms with Gasteiger partial charge in [0.1, 0.15) is 11.9 Å². The van der Waals surface area contributed by atoms with E-state index in [9.17, 15) is 9.59 Å². The summed E-state index contributed by atoms with van der Waals surface area (Å²) in [5, 5.41) is 13.7. The molecule has 2 aliphatic heterocycles. The van der Waals surface area contributed by atoms with Crippen molar-refractivity contribution in [1.82, 2.24) is 14.7 Å². The van der Waals surface area contributed by atoms with Crippen LogP contribution in [0.2, 0.25) is 0 Å². The summed E-state index contributed by atoms with van der Waals surface area (Å²) in [7, 11) is 0. The standard InChI is InChI=1S/C22H26N4O4/c1-13-3-6-19-20(26(13)14(2)27)8-7-18(15-9-23-25(10-15)16-4-5-16)21(19)30-17-11-24(12-17)22(28)29/h7-10,13,16-17H,3-6,11-12H2,1-2H3,(H,28,29). The van der Waals surface area contributed by atoms with Gasteiger partial charge in [-0.05, 0) is 44.7 Å². The van der Waals surface area contributed by atoms with E-state index >= 15 is 0 Å². The average molecular weight is 410 g/mol. The van der Waals surface area contributed by atoms with Crippen molar-refractivity contribution in [2.45, 2.75) is 57.7 Å². The van der Waals surface area contributed by atoms with Crippen molar-refractivity contribution in [2.24, 2.45) is 0 Å². The first-order chi connectivity index (χ1) is 14.4. The third-order valence-corrected chi connectivity index (χ3v) is 6.32. The van der Waals surface area contributed by atoms with Gasteiger partial charge < -0.3 is 19.6 Å². The molecular formula is C22H26N4O4. The quantitative estimate of drug-likeness (QED) is 0.835. The minimum atomic E-state index is -0.924. The molecule has 1 N–H and O–H groups in total. The summed E-state index contributed by atoms with van der Waals surface area (Å²) in [6.45, 7) is 4.37. The average Bonchev–Trinajstić information content (AvgIpc) is 3.40. The number of rotatable bonds is 4. The van der Waals surface area contributed by atoms with Crippen LogP contribution in [0.1, 0.15) is 44.7 Å². The van der Waals surface area contributed by atoms with Gasteiger partial charge in [-0.1, -0.05) is 0 Å². The van der Waals surface area contributed by atoms with E-state index in [-0.39, 0.29) is 18.1 Å². The van der Waals surface area contributed by atoms with Crippen LogP contribution in [0.3, 0.4) is 0 Å². The van der Waals surface area contributed by atoms with Crippen LogP contribution < -0.4 is 9.64 Å². The second-order valence-electron chi connectivity index (χ2n) is 8.58. The van der Waals surface area contributed by atoms with Gasteiger partial charge in [0.15, 0.2) is 0 Å². The highest BCUT2D eigenvalue weighted by Gasteiger charge is 2.36. The highest BCUT2D eigenvalue weighted by atomic mass is 16.5. The van der Waals surface area contributed by atoms with Crippen LogP contribution >= 0.6 is 0 Å². The maximum Gasteiger partial charge on any atom is 0.407 e. The van der Waals surface area contributed by atoms with Gasteiger partial charge in [0.05, 0.1) is 31.0 Å². The molecule has 1 aromatic carbocycles. The lowest BCUT2D eigenvalue weighted by Crippen LogP contribution is -2.55. The number of ether oxygens (including phenoxy) is 1. The van der Waals surface area contributed by atoms with Crippen LogP contribution in [-0.2, 0) is 11.2 Å². The zero-order valence-corrected chi connectivity index (χ0v) is 17.2. The number of anilines is 1. The van der Waals surface area contributed by atoms with E-state index in [4.69, 9.17) is 9.84 Å². The predicted octanol–water partition coefficient (Wildman–Crippen LogP) is 3.31. The van der Waals surface area contributed by atoms with Crippen LogP contribution in [0.15, 0.2) is 24.5 Å². The van der Waals surface area contributed by atoms with E-state index < -0.39 is 6.09 Å². The second kappa shape index (κ2) is 7.04. The molecule has 8 heteroatoms. The number of carbonyl (C=O) groups excluding carboxylic acids is 1. The Morgan fingerprint density at radius 1 is 1.20 bits per heavy atom. The minimum absolute atomic E-state index is 0.0180. The summed E-state index contributed by atoms with van der Waals surface area (Å²) in [5.41, 5.74) is 3.85. The smallest absolute Gasteiger partial charge is 0.407 e. The number of nitrogens with zero attached hydrogens (tertiary/aromatic N) is 4. The van der Waals surface area contributed by atoms with Crippen LogP contribution in [0.4, 0.5) is 10.5 Å². The van der Waals surface area contributed by atoms with Crippen molar-refractivity contribution in [3.05, 3.63) is 30.1 Å². The van der Waals surface area contributed by atoms with Crippen molar-refractivity contribution in [1.29, 1.82) is 0 Å². The van der Waals surface area contributed by atoms with Crippen molar-refractivity contribution in [3.8, 4) is 16.9 Å². The molecule has 2 fully saturated rings. The first-order valence-corrected chi connectivity index (χ1v) is 10.6. The SMILES string of the molecule is CC(=O)N1c2ccc(-c3cnn(C4CC4)c3)c(OC3CN(C(=O)O)C3)c2CCC1C. The molecule has 158 valence electrons. The number of carbonyl (C=O) groups is 2. The summed E-state index contributed by atoms with van der Waals surface area (Å²) in [6, 6.07) is 4.64. The van der Waals surface area contributed by atoms with Gasteiger partial charge in [-0.3, -0.25) is 9.48 Å². The molecule has 1 aliphatic carbocycles. The Morgan fingerprint density at radius 3 is 2.63 bits per heavy atom. The maximum absolute atomic E-state index is 12.3. The van der Waals surface area contributed by atoms with Crippen LogP contribution in [0, 0.1) is 0 Å². The van der Waals surface area contributed by atoms with E-state index in [1.54, 1.807) is 6.92 Å². The predicted molar refractivity (Wildman–Crippen MR) is 111 cm³/mol. The van der Waals surface area contributed by atoms with E-state index in [2.05, 4.69) is 18.2 Å². The van der Waals surface area contributed by atoms with Gasteiger partial charge in [-0.25, -0.2) is 4.79 Å². The zero-order chi connectivity index (χ0) is 21.0. The van der Waals surface area contributed by atoms with E-state index in [1.165, 1.54) is 4.90 Å². The second-order valence-corrected chi connectivity index (χ2v) is 8.58. The van der Waals surface area contributed by atoms with Gasteiger partial charge in [0, 0.05) is 35.9 Å². The summed E-state index contributed by atoms with van der Waals surface area (Å²) in [6.07, 6.45) is 6.81. The molecule has 3 aliphatic rings. The molecule has 2 aromatic rings. The molecule has 0 bridgehead atoms. The molecule has 3 heterocycles. The fourth-order valence-corrected chi connectivity index (χ4v) is 4.50. The Bertz CT molecular complexity index is 1010. The molecule has 1 atom stereocenters. The molecule has 0 spiro atoms. The van der Waals surface area contributed by atoms with Gasteiger partial charge in [-0.2, -0.15) is 5.10 Å². The van der Waals surface area contributed by atoms with Gasteiger partial charge in [0.2, 0.25) is 5.91 Å². The van der Waals surface area contributed by atoms with Crippen LogP contribution in [0.5, 0.6) is 5.75 Å². The normalized spacial score (nSPS) is 21.2. The fraction of sp³-hybridized carbons (Fsp3) is 0.500. The Balaban J connectivity index is 1.54. The number of likely N-dealkylation sites (tertiary alicyclic amines) is 1. The van der Waals surface area contributed by atoms with Gasteiger partial charge in [-0.15, -0.1) is 0 Å². The van der Waals surface area contributed by atoms with Gasteiger partial charge in [0.25, 0.3) is 0 Å². The summed E-state index contributed by atoms with van der Waals surface area (Å²) < 4.78 is 8.40. The Kier molecular flexibility index (Phi) is 4.45. The van der Waals surface area contributed by atoms with E-state index in [1.807, 2.05) is 27.9 Å². The molecule has 1 aromatic heterocycles. The molecule has 0 radical (unpaired) electrons. The van der Waals surface area contributed by atoms with Crippen molar-refractivity contribution in [3.63, 3.8) is 0 Å². The molecule has 30 heavy (non-hydrogen) atoms. The molecule has 5 rings (SSSR count). The summed E-state index contributed by atoms with van der Waals surface area (Å²) >= 11 is 0. The highest BCUT2D eigenvalue weighted by Crippen LogP contribution is 2.44. The number of amides is 2. The molecule has 1 unspecified atom stereocenters. The highest BCUT2D eigenvalue weighted by molar-refractivity contribution is 5.95. The zero-order valence-electron chi connectivity index (χ0n) is 17.2. The number of carboxylic acid groups (broad SMARTS) is 1. The molecule has 1 saturated heterocycles. The van der Waals surface area contributed by atoms with Crippen molar-refractivity contribution in [2.75, 3.05) is 18.0 Å². The lowest BCUT2D eigenvalue weighted by atomic mass is 9.92. The number of hydrogen-bond donors (Lipinski definition) is 1. The maximum atomic E-state index is 12.3. The largest absolute Gasteiger partial charge is 0.486 e. The topological polar surface area (TPSA) is 87.9 Å². The fourth-order valence-electron chi connectivity index (χ4n) is 4.50. The minimum Gasteiger partial charge on any atom is -0.486 e. The van der Waals surface area contributed by atoms with E-state index in [0.29, 0.717) is 19.1 Å². The monoisotopic (exact) mass is 410 g/mol. The first-order valence-electron chi connectivity index (χ1n) is 10.6. The number of fused-ring (bicyclic) bond motifs is 1. The summed E-state index contributed by atoms with van der Waals surface area (Å²) in [5.74, 6) is 0.778. The Morgan fingerprint density at radius 2 is 1.97 bits per heavy atom. The number of aromatic nitrogens is 2. The van der Waals surface area contributed by atoms with Crippen molar-refractivity contribution >= 4 is 17.7 Å². The third-order valence-electron chi connectivity index (χ3n) is 6.32. The first kappa shape index (κ1) is 19.0. The number of hydrogen-bond acceptors (Lipinski definition) is 4. The summed E-state index contributed by atoms with van der Waals surface area (Å²) in [4.78, 5) is 26.7. The molecular weight excluding hydrogens is 384 g/mol. The molecule has 8 nitrogen and oxygen atoms in total. The van der Waals surface area contributed by atoms with Crippen molar-refractivity contribution < 1.29 is 19.4 Å². The lowest BCUT2D eigenvalue weighted by Gasteiger charge is -2.40. The van der Waals surface area contributed by atoms with Crippen LogP contribution in [-0.4, -0.2) is 57.0 Å². The molecule has 1 saturated carbocycles. The number of benzene rings is 1. The van der Waals surface area contributed by atoms with Gasteiger partial charge >= 0.3 is 6.09 Å². The van der Waals surface area contributed by atoms with Crippen LogP contribution in [0.25, 0.3) is 11.1 Å². The Hall–Kier alpha value is -3.03.